The van der Waals surface area contributed by atoms with Crippen LogP contribution in [0.25, 0.3) is 0 Å². The van der Waals surface area contributed by atoms with E-state index in [9.17, 15) is 31.5 Å². The van der Waals surface area contributed by atoms with Crippen LogP contribution in [0.1, 0.15) is 42.5 Å². The molecule has 1 unspecified atom stereocenters. The normalized spacial score (nSPS) is 16.3. The molecule has 7 nitrogen and oxygen atoms in total. The van der Waals surface area contributed by atoms with Crippen LogP contribution in [0.4, 0.5) is 18.9 Å². The van der Waals surface area contributed by atoms with E-state index < -0.39 is 50.2 Å². The van der Waals surface area contributed by atoms with Crippen molar-refractivity contribution in [1.29, 1.82) is 5.26 Å². The Morgan fingerprint density at radius 3 is 2.42 bits per heavy atom. The van der Waals surface area contributed by atoms with Gasteiger partial charge in [-0.1, -0.05) is 12.1 Å². The average molecular weight is 453 g/mol. The van der Waals surface area contributed by atoms with E-state index in [1.807, 2.05) is 5.32 Å². The van der Waals surface area contributed by atoms with Crippen molar-refractivity contribution in [2.24, 2.45) is 0 Å². The van der Waals surface area contributed by atoms with Gasteiger partial charge in [-0.3, -0.25) is 4.79 Å². The Morgan fingerprint density at radius 1 is 1.29 bits per heavy atom. The molecule has 0 bridgehead atoms. The van der Waals surface area contributed by atoms with Crippen LogP contribution in [0.15, 0.2) is 41.4 Å². The van der Waals surface area contributed by atoms with Gasteiger partial charge in [0.2, 0.25) is 0 Å². The van der Waals surface area contributed by atoms with Gasteiger partial charge in [0.05, 0.1) is 28.1 Å². The lowest BCUT2D eigenvalue weighted by atomic mass is 10.1. The van der Waals surface area contributed by atoms with Crippen molar-refractivity contribution in [3.05, 3.63) is 53.3 Å². The maximum atomic E-state index is 13.0. The Hall–Kier alpha value is -2.97. The standard InChI is InChI=1S/C20H18F3N3O4S/c1-19(28,11-31(29,30)15-6-4-13(5-7-15)12-2-3-12)18(27)26-14-8-16(20(21,22)23)17(9-24)25-10-14/h4-8,10,12,28H,2-3,11H2,1H3,(H,26,27). The predicted octanol–water partition coefficient (Wildman–Crippen LogP) is 3.01. The van der Waals surface area contributed by atoms with E-state index in [-0.39, 0.29) is 4.90 Å². The van der Waals surface area contributed by atoms with Crippen LogP contribution in [-0.4, -0.2) is 35.8 Å². The Morgan fingerprint density at radius 2 is 1.90 bits per heavy atom. The number of hydrogen-bond donors (Lipinski definition) is 2. The third-order valence-electron chi connectivity index (χ3n) is 4.81. The van der Waals surface area contributed by atoms with Crippen molar-refractivity contribution in [2.75, 3.05) is 11.1 Å². The van der Waals surface area contributed by atoms with E-state index in [2.05, 4.69) is 4.98 Å². The minimum atomic E-state index is -4.89. The fraction of sp³-hybridized carbons (Fsp3) is 0.350. The van der Waals surface area contributed by atoms with E-state index in [1.54, 1.807) is 12.1 Å². The average Bonchev–Trinajstić information content (AvgIpc) is 3.52. The highest BCUT2D eigenvalue weighted by Crippen LogP contribution is 2.40. The number of halogens is 3. The second-order valence-corrected chi connectivity index (χ2v) is 9.55. The number of amides is 1. The van der Waals surface area contributed by atoms with Crippen molar-refractivity contribution in [3.63, 3.8) is 0 Å². The number of benzene rings is 1. The molecule has 1 heterocycles. The number of nitriles is 1. The van der Waals surface area contributed by atoms with Gasteiger partial charge in [-0.2, -0.15) is 18.4 Å². The molecular weight excluding hydrogens is 435 g/mol. The van der Waals surface area contributed by atoms with Gasteiger partial charge in [0, 0.05) is 0 Å². The fourth-order valence-electron chi connectivity index (χ4n) is 2.99. The second kappa shape index (κ2) is 7.94. The molecule has 1 aliphatic rings. The summed E-state index contributed by atoms with van der Waals surface area (Å²) in [5.41, 5.74) is -4.12. The molecule has 0 aliphatic heterocycles. The highest BCUT2D eigenvalue weighted by molar-refractivity contribution is 7.91. The number of aromatic nitrogens is 1. The fourth-order valence-corrected chi connectivity index (χ4v) is 4.58. The van der Waals surface area contributed by atoms with E-state index in [1.165, 1.54) is 18.2 Å². The van der Waals surface area contributed by atoms with Gasteiger partial charge in [0.15, 0.2) is 21.1 Å². The van der Waals surface area contributed by atoms with Crippen molar-refractivity contribution in [1.82, 2.24) is 4.98 Å². The van der Waals surface area contributed by atoms with E-state index >= 15 is 0 Å². The SMILES string of the molecule is CC(O)(CS(=O)(=O)c1ccc(C2CC2)cc1)C(=O)Nc1cnc(C#N)c(C(F)(F)F)c1. The lowest BCUT2D eigenvalue weighted by molar-refractivity contribution is -0.138. The Kier molecular flexibility index (Phi) is 5.82. The van der Waals surface area contributed by atoms with Crippen LogP contribution in [-0.2, 0) is 20.8 Å². The minimum absolute atomic E-state index is 0.0793. The molecule has 2 N–H and O–H groups in total. The number of carbonyl (C=O) groups is 1. The lowest BCUT2D eigenvalue weighted by Gasteiger charge is -2.22. The third-order valence-corrected chi connectivity index (χ3v) is 6.74. The van der Waals surface area contributed by atoms with Crippen molar-refractivity contribution < 1.29 is 31.5 Å². The summed E-state index contributed by atoms with van der Waals surface area (Å²) in [5.74, 6) is -1.79. The molecule has 0 radical (unpaired) electrons. The summed E-state index contributed by atoms with van der Waals surface area (Å²) in [4.78, 5) is 15.7. The number of nitrogens with one attached hydrogen (secondary N) is 1. The number of nitrogens with zero attached hydrogens (tertiary/aromatic N) is 2. The van der Waals surface area contributed by atoms with Crippen molar-refractivity contribution >= 4 is 21.4 Å². The molecule has 1 atom stereocenters. The molecule has 1 saturated carbocycles. The zero-order chi connectivity index (χ0) is 23.0. The van der Waals surface area contributed by atoms with Gasteiger partial charge in [0.25, 0.3) is 5.91 Å². The minimum Gasteiger partial charge on any atom is -0.379 e. The molecule has 2 aromatic rings. The van der Waals surface area contributed by atoms with Gasteiger partial charge < -0.3 is 10.4 Å². The van der Waals surface area contributed by atoms with Crippen LogP contribution in [0, 0.1) is 11.3 Å². The first-order valence-corrected chi connectivity index (χ1v) is 10.8. The third kappa shape index (κ3) is 5.21. The number of alkyl halides is 3. The topological polar surface area (TPSA) is 120 Å². The van der Waals surface area contributed by atoms with E-state index in [0.29, 0.717) is 12.0 Å². The summed E-state index contributed by atoms with van der Waals surface area (Å²) >= 11 is 0. The highest BCUT2D eigenvalue weighted by atomic mass is 32.2. The van der Waals surface area contributed by atoms with Crippen molar-refractivity contribution in [3.8, 4) is 6.07 Å². The number of rotatable bonds is 6. The smallest absolute Gasteiger partial charge is 0.379 e. The molecule has 1 amide bonds. The molecule has 1 aromatic heterocycles. The molecule has 1 aliphatic carbocycles. The van der Waals surface area contributed by atoms with Crippen molar-refractivity contribution in [2.45, 2.75) is 42.4 Å². The first-order valence-electron chi connectivity index (χ1n) is 9.17. The largest absolute Gasteiger partial charge is 0.419 e. The van der Waals surface area contributed by atoms with E-state index in [4.69, 9.17) is 5.26 Å². The quantitative estimate of drug-likeness (QED) is 0.694. The Balaban J connectivity index is 1.77. The number of aliphatic hydroxyl groups is 1. The second-order valence-electron chi connectivity index (χ2n) is 7.56. The molecular formula is C20H18F3N3O4S. The molecule has 11 heteroatoms. The summed E-state index contributed by atoms with van der Waals surface area (Å²) in [6.45, 7) is 0.945. The zero-order valence-electron chi connectivity index (χ0n) is 16.3. The first kappa shape index (κ1) is 22.7. The molecule has 1 fully saturated rings. The number of anilines is 1. The Labute approximate surface area is 176 Å². The molecule has 1 aromatic carbocycles. The Bertz CT molecular complexity index is 1150. The van der Waals surface area contributed by atoms with Crippen LogP contribution in [0.3, 0.4) is 0 Å². The molecule has 0 saturated heterocycles. The van der Waals surface area contributed by atoms with Crippen LogP contribution in [0.5, 0.6) is 0 Å². The molecule has 164 valence electrons. The van der Waals surface area contributed by atoms with Gasteiger partial charge in [-0.05, 0) is 49.4 Å². The summed E-state index contributed by atoms with van der Waals surface area (Å²) in [6.07, 6.45) is -1.99. The number of carbonyl (C=O) groups excluding carboxylic acids is 1. The summed E-state index contributed by atoms with van der Waals surface area (Å²) in [6, 6.07) is 7.96. The zero-order valence-corrected chi connectivity index (χ0v) is 17.1. The van der Waals surface area contributed by atoms with Crippen LogP contribution >= 0.6 is 0 Å². The summed E-state index contributed by atoms with van der Waals surface area (Å²) in [7, 11) is -4.07. The number of sulfone groups is 1. The van der Waals surface area contributed by atoms with Gasteiger partial charge in [0.1, 0.15) is 6.07 Å². The number of pyridine rings is 1. The molecule has 31 heavy (non-hydrogen) atoms. The highest BCUT2D eigenvalue weighted by Gasteiger charge is 2.38. The van der Waals surface area contributed by atoms with Gasteiger partial charge >= 0.3 is 6.18 Å². The van der Waals surface area contributed by atoms with Crippen LogP contribution < -0.4 is 5.32 Å². The molecule has 3 rings (SSSR count). The first-order chi connectivity index (χ1) is 14.3. The number of hydrogen-bond acceptors (Lipinski definition) is 6. The monoisotopic (exact) mass is 453 g/mol. The van der Waals surface area contributed by atoms with Gasteiger partial charge in [-0.15, -0.1) is 0 Å². The van der Waals surface area contributed by atoms with E-state index in [0.717, 1.165) is 31.5 Å². The predicted molar refractivity (Wildman–Crippen MR) is 104 cm³/mol. The maximum Gasteiger partial charge on any atom is 0.419 e. The van der Waals surface area contributed by atoms with Gasteiger partial charge in [-0.25, -0.2) is 13.4 Å². The molecule has 0 spiro atoms. The lowest BCUT2D eigenvalue weighted by Crippen LogP contribution is -2.45. The summed E-state index contributed by atoms with van der Waals surface area (Å²) in [5, 5.41) is 21.2. The maximum absolute atomic E-state index is 13.0. The summed E-state index contributed by atoms with van der Waals surface area (Å²) < 4.78 is 64.4. The van der Waals surface area contributed by atoms with Crippen LogP contribution in [0.2, 0.25) is 0 Å².